The van der Waals surface area contributed by atoms with Gasteiger partial charge in [-0.2, -0.15) is 0 Å². The second kappa shape index (κ2) is 9.73. The summed E-state index contributed by atoms with van der Waals surface area (Å²) in [7, 11) is 1.24. The van der Waals surface area contributed by atoms with E-state index in [1.807, 2.05) is 36.4 Å². The molecular formula is C23H24N2O5. The van der Waals surface area contributed by atoms with E-state index in [9.17, 15) is 14.4 Å². The van der Waals surface area contributed by atoms with Gasteiger partial charge in [0.05, 0.1) is 7.11 Å². The van der Waals surface area contributed by atoms with Crippen LogP contribution in [0.3, 0.4) is 0 Å². The number of methoxy groups -OCH3 is 1. The smallest absolute Gasteiger partial charge is 0.407 e. The van der Waals surface area contributed by atoms with Crippen molar-refractivity contribution in [1.29, 1.82) is 0 Å². The fraction of sp³-hybridized carbons (Fsp3) is 0.261. The van der Waals surface area contributed by atoms with Crippen molar-refractivity contribution in [2.45, 2.75) is 18.4 Å². The van der Waals surface area contributed by atoms with E-state index in [0.717, 1.165) is 22.3 Å². The molecule has 0 saturated heterocycles. The molecule has 0 fully saturated rings. The molecule has 0 heterocycles. The number of esters is 1. The third kappa shape index (κ3) is 4.68. The summed E-state index contributed by atoms with van der Waals surface area (Å²) < 4.78 is 10.0. The number of fused-ring (bicyclic) bond motifs is 3. The zero-order valence-electron chi connectivity index (χ0n) is 16.7. The minimum absolute atomic E-state index is 0.0618. The molecule has 0 aliphatic heterocycles. The molecule has 1 aliphatic carbocycles. The standard InChI is InChI=1S/C23H24N2O5/c1-3-8-20(22(27)29-2)25-21(26)13-24-23(28)30-14-19-17-11-6-4-9-15(17)16-10-5-7-12-18(16)19/h3-7,9-12,19-20H,1,8,13-14H2,2H3,(H,24,28)(H,25,26). The average molecular weight is 408 g/mol. The highest BCUT2D eigenvalue weighted by molar-refractivity contribution is 5.87. The zero-order chi connectivity index (χ0) is 21.5. The maximum Gasteiger partial charge on any atom is 0.407 e. The van der Waals surface area contributed by atoms with Crippen LogP contribution in [-0.4, -0.2) is 44.3 Å². The Kier molecular flexibility index (Phi) is 6.85. The number of carbonyl (C=O) groups is 3. The lowest BCUT2D eigenvalue weighted by molar-refractivity contribution is -0.144. The van der Waals surface area contributed by atoms with Crippen molar-refractivity contribution >= 4 is 18.0 Å². The first kappa shape index (κ1) is 21.1. The van der Waals surface area contributed by atoms with Gasteiger partial charge in [-0.1, -0.05) is 54.6 Å². The van der Waals surface area contributed by atoms with Crippen LogP contribution in [0.4, 0.5) is 4.79 Å². The first-order valence-corrected chi connectivity index (χ1v) is 9.62. The minimum atomic E-state index is -0.843. The van der Waals surface area contributed by atoms with Crippen LogP contribution in [0.5, 0.6) is 0 Å². The number of hydrogen-bond donors (Lipinski definition) is 2. The van der Waals surface area contributed by atoms with E-state index in [2.05, 4.69) is 34.1 Å². The van der Waals surface area contributed by atoms with Crippen LogP contribution in [0.2, 0.25) is 0 Å². The summed E-state index contributed by atoms with van der Waals surface area (Å²) in [6.45, 7) is 3.38. The van der Waals surface area contributed by atoms with Gasteiger partial charge in [0.25, 0.3) is 0 Å². The normalized spacial score (nSPS) is 12.8. The summed E-state index contributed by atoms with van der Waals surface area (Å²) in [6.07, 6.45) is 1.02. The number of amides is 2. The van der Waals surface area contributed by atoms with Crippen LogP contribution in [0.1, 0.15) is 23.5 Å². The van der Waals surface area contributed by atoms with E-state index in [-0.39, 0.29) is 25.5 Å². The van der Waals surface area contributed by atoms with E-state index >= 15 is 0 Å². The van der Waals surface area contributed by atoms with Crippen molar-refractivity contribution in [2.75, 3.05) is 20.3 Å². The SMILES string of the molecule is C=CCC(NC(=O)CNC(=O)OCC1c2ccccc2-c2ccccc21)C(=O)OC. The Morgan fingerprint density at radius 3 is 2.23 bits per heavy atom. The summed E-state index contributed by atoms with van der Waals surface area (Å²) in [5.74, 6) is -1.17. The number of benzene rings is 2. The van der Waals surface area contributed by atoms with E-state index < -0.39 is 24.0 Å². The number of alkyl carbamates (subject to hydrolysis) is 1. The van der Waals surface area contributed by atoms with Gasteiger partial charge in [-0.05, 0) is 28.7 Å². The molecule has 0 bridgehead atoms. The van der Waals surface area contributed by atoms with E-state index in [1.165, 1.54) is 13.2 Å². The van der Waals surface area contributed by atoms with Gasteiger partial charge in [-0.25, -0.2) is 9.59 Å². The Hall–Kier alpha value is -3.61. The fourth-order valence-electron chi connectivity index (χ4n) is 3.57. The van der Waals surface area contributed by atoms with Gasteiger partial charge in [-0.3, -0.25) is 4.79 Å². The molecule has 1 aliphatic rings. The van der Waals surface area contributed by atoms with Crippen molar-refractivity contribution < 1.29 is 23.9 Å². The molecule has 0 saturated carbocycles. The van der Waals surface area contributed by atoms with Crippen molar-refractivity contribution in [3.63, 3.8) is 0 Å². The fourth-order valence-corrected chi connectivity index (χ4v) is 3.57. The van der Waals surface area contributed by atoms with Crippen molar-refractivity contribution in [1.82, 2.24) is 10.6 Å². The van der Waals surface area contributed by atoms with Gasteiger partial charge in [-0.15, -0.1) is 6.58 Å². The molecule has 156 valence electrons. The summed E-state index contributed by atoms with van der Waals surface area (Å²) in [5.41, 5.74) is 4.49. The van der Waals surface area contributed by atoms with E-state index in [1.54, 1.807) is 0 Å². The van der Waals surface area contributed by atoms with Crippen molar-refractivity contribution in [2.24, 2.45) is 0 Å². The lowest BCUT2D eigenvalue weighted by atomic mass is 9.98. The van der Waals surface area contributed by atoms with Crippen LogP contribution >= 0.6 is 0 Å². The second-order valence-corrected chi connectivity index (χ2v) is 6.85. The Bertz CT molecular complexity index is 911. The molecular weight excluding hydrogens is 384 g/mol. The third-order valence-corrected chi connectivity index (χ3v) is 4.96. The van der Waals surface area contributed by atoms with Crippen LogP contribution in [0.25, 0.3) is 11.1 Å². The molecule has 2 aromatic rings. The van der Waals surface area contributed by atoms with E-state index in [0.29, 0.717) is 0 Å². The second-order valence-electron chi connectivity index (χ2n) is 6.85. The number of nitrogens with one attached hydrogen (secondary N) is 2. The summed E-state index contributed by atoms with van der Waals surface area (Å²) in [6, 6.07) is 15.2. The Labute approximate surface area is 175 Å². The molecule has 3 rings (SSSR count). The highest BCUT2D eigenvalue weighted by Gasteiger charge is 2.29. The molecule has 0 radical (unpaired) electrons. The number of hydrogen-bond acceptors (Lipinski definition) is 5. The molecule has 7 heteroatoms. The number of carbonyl (C=O) groups excluding carboxylic acids is 3. The lowest BCUT2D eigenvalue weighted by Crippen LogP contribution is -2.45. The predicted molar refractivity (Wildman–Crippen MR) is 112 cm³/mol. The molecule has 1 unspecified atom stereocenters. The predicted octanol–water partition coefficient (Wildman–Crippen LogP) is 2.76. The molecule has 2 N–H and O–H groups in total. The molecule has 2 aromatic carbocycles. The van der Waals surface area contributed by atoms with Gasteiger partial charge >= 0.3 is 12.1 Å². The van der Waals surface area contributed by atoms with Gasteiger partial charge in [0.2, 0.25) is 5.91 Å². The Balaban J connectivity index is 1.53. The van der Waals surface area contributed by atoms with Crippen molar-refractivity contribution in [3.05, 3.63) is 72.3 Å². The summed E-state index contributed by atoms with van der Waals surface area (Å²) in [5, 5.41) is 4.90. The zero-order valence-corrected chi connectivity index (χ0v) is 16.7. The first-order chi connectivity index (χ1) is 14.5. The monoisotopic (exact) mass is 408 g/mol. The molecule has 0 spiro atoms. The maximum atomic E-state index is 12.1. The molecule has 7 nitrogen and oxygen atoms in total. The molecule has 0 aromatic heterocycles. The summed E-state index contributed by atoms with van der Waals surface area (Å²) in [4.78, 5) is 35.8. The average Bonchev–Trinajstić information content (AvgIpc) is 3.09. The van der Waals surface area contributed by atoms with Crippen LogP contribution < -0.4 is 10.6 Å². The number of ether oxygens (including phenoxy) is 2. The van der Waals surface area contributed by atoms with Crippen LogP contribution in [0.15, 0.2) is 61.2 Å². The minimum Gasteiger partial charge on any atom is -0.467 e. The van der Waals surface area contributed by atoms with Crippen molar-refractivity contribution in [3.8, 4) is 11.1 Å². The topological polar surface area (TPSA) is 93.7 Å². The maximum absolute atomic E-state index is 12.1. The van der Waals surface area contributed by atoms with E-state index in [4.69, 9.17) is 4.74 Å². The van der Waals surface area contributed by atoms with Gasteiger partial charge in [0.15, 0.2) is 0 Å². The third-order valence-electron chi connectivity index (χ3n) is 4.96. The summed E-state index contributed by atoms with van der Waals surface area (Å²) >= 11 is 0. The van der Waals surface area contributed by atoms with Gasteiger partial charge in [0, 0.05) is 5.92 Å². The lowest BCUT2D eigenvalue weighted by Gasteiger charge is -2.16. The largest absolute Gasteiger partial charge is 0.467 e. The first-order valence-electron chi connectivity index (χ1n) is 9.62. The quantitative estimate of drug-likeness (QED) is 0.518. The Morgan fingerprint density at radius 2 is 1.67 bits per heavy atom. The van der Waals surface area contributed by atoms with Crippen LogP contribution in [-0.2, 0) is 19.1 Å². The van der Waals surface area contributed by atoms with Gasteiger partial charge in [0.1, 0.15) is 19.2 Å². The highest BCUT2D eigenvalue weighted by atomic mass is 16.5. The number of rotatable bonds is 8. The Morgan fingerprint density at radius 1 is 1.07 bits per heavy atom. The molecule has 2 amide bonds. The molecule has 1 atom stereocenters. The van der Waals surface area contributed by atoms with Crippen LogP contribution in [0, 0.1) is 0 Å². The highest BCUT2D eigenvalue weighted by Crippen LogP contribution is 2.44. The van der Waals surface area contributed by atoms with Gasteiger partial charge < -0.3 is 20.1 Å². The molecule has 30 heavy (non-hydrogen) atoms.